The van der Waals surface area contributed by atoms with Crippen molar-refractivity contribution in [3.8, 4) is 0 Å². The van der Waals surface area contributed by atoms with Gasteiger partial charge in [-0.05, 0) is 83.5 Å². The fourth-order valence-electron chi connectivity index (χ4n) is 5.68. The van der Waals surface area contributed by atoms with Gasteiger partial charge in [0.15, 0.2) is 0 Å². The van der Waals surface area contributed by atoms with Gasteiger partial charge in [-0.2, -0.15) is 0 Å². The van der Waals surface area contributed by atoms with Crippen LogP contribution >= 0.6 is 7.82 Å². The highest BCUT2D eigenvalue weighted by Crippen LogP contribution is 2.43. The zero-order chi connectivity index (χ0) is 39.5. The van der Waals surface area contributed by atoms with Crippen LogP contribution in [0.25, 0.3) is 0 Å². The number of carbonyl (C=O) groups is 1. The second-order valence-corrected chi connectivity index (χ2v) is 15.7. The lowest BCUT2D eigenvalue weighted by Crippen LogP contribution is -2.28. The van der Waals surface area contributed by atoms with Crippen molar-refractivity contribution in [2.24, 2.45) is 5.73 Å². The third-order valence-electron chi connectivity index (χ3n) is 8.91. The standard InChI is InChI=1S/C45H82NO7P/c1-3-5-7-9-11-13-15-17-19-21-22-23-24-26-28-30-32-34-36-38-45(47)53-44(43-52-54(48,49)51-41-39-46)42-50-40-37-35-33-31-29-27-25-20-18-16-14-12-10-8-6-4-2/h11-14,17-20,22-23,44H,3-10,15-16,21,24-43,46H2,1-2H3,(H,48,49)/b13-11-,14-12-,19-17-,20-18-,23-22-. The molecule has 0 aromatic heterocycles. The van der Waals surface area contributed by atoms with Crippen LogP contribution < -0.4 is 5.73 Å². The van der Waals surface area contributed by atoms with Crippen LogP contribution in [-0.4, -0.2) is 49.9 Å². The molecule has 3 N–H and O–H groups in total. The van der Waals surface area contributed by atoms with Gasteiger partial charge in [0.05, 0.1) is 19.8 Å². The van der Waals surface area contributed by atoms with Crippen LogP contribution in [0.5, 0.6) is 0 Å². The Kier molecular flexibility index (Phi) is 40.9. The van der Waals surface area contributed by atoms with E-state index in [1.54, 1.807) is 0 Å². The number of esters is 1. The molecule has 2 unspecified atom stereocenters. The number of nitrogens with two attached hydrogens (primary N) is 1. The van der Waals surface area contributed by atoms with Gasteiger partial charge in [-0.1, -0.05) is 152 Å². The summed E-state index contributed by atoms with van der Waals surface area (Å²) in [4.78, 5) is 22.5. The lowest BCUT2D eigenvalue weighted by molar-refractivity contribution is -0.154. The van der Waals surface area contributed by atoms with E-state index in [-0.39, 0.29) is 32.3 Å². The highest BCUT2D eigenvalue weighted by atomic mass is 31.2. The Labute approximate surface area is 332 Å². The maximum absolute atomic E-state index is 12.6. The van der Waals surface area contributed by atoms with Crippen molar-refractivity contribution in [3.63, 3.8) is 0 Å². The number of unbranched alkanes of at least 4 members (excludes halogenated alkanes) is 18. The van der Waals surface area contributed by atoms with Gasteiger partial charge in [0.1, 0.15) is 6.10 Å². The molecule has 0 saturated carbocycles. The molecular formula is C45H82NO7P. The SMILES string of the molecule is CCCCC/C=C\C/C=C\C/C=C\CCCCCCCCC(=O)OC(COCCCCCCCC/C=C\C/C=C\CCCCC)COP(=O)(O)OCCN. The van der Waals surface area contributed by atoms with Crippen molar-refractivity contribution < 1.29 is 32.8 Å². The highest BCUT2D eigenvalue weighted by Gasteiger charge is 2.25. The number of phosphoric acid groups is 1. The van der Waals surface area contributed by atoms with Gasteiger partial charge in [-0.25, -0.2) is 4.57 Å². The summed E-state index contributed by atoms with van der Waals surface area (Å²) in [7, 11) is -4.29. The number of hydrogen-bond donors (Lipinski definition) is 2. The lowest BCUT2D eigenvalue weighted by Gasteiger charge is -2.20. The summed E-state index contributed by atoms with van der Waals surface area (Å²) in [5.74, 6) is -0.348. The third kappa shape index (κ3) is 41.4. The third-order valence-corrected chi connectivity index (χ3v) is 9.89. The summed E-state index contributed by atoms with van der Waals surface area (Å²) in [5.41, 5.74) is 5.37. The van der Waals surface area contributed by atoms with Crippen molar-refractivity contribution in [1.82, 2.24) is 0 Å². The zero-order valence-electron chi connectivity index (χ0n) is 34.7. The number of rotatable bonds is 41. The van der Waals surface area contributed by atoms with Crippen LogP contribution in [-0.2, 0) is 27.9 Å². The van der Waals surface area contributed by atoms with E-state index in [0.29, 0.717) is 13.0 Å². The predicted molar refractivity (Wildman–Crippen MR) is 229 cm³/mol. The van der Waals surface area contributed by atoms with Gasteiger partial charge in [0, 0.05) is 19.6 Å². The molecule has 0 rings (SSSR count). The molecule has 0 spiro atoms. The molecule has 0 radical (unpaired) electrons. The molecule has 0 heterocycles. The van der Waals surface area contributed by atoms with Crippen LogP contribution in [0.4, 0.5) is 0 Å². The summed E-state index contributed by atoms with van der Waals surface area (Å²) in [6.07, 6.45) is 50.9. The van der Waals surface area contributed by atoms with Crippen LogP contribution in [0, 0.1) is 0 Å². The average molecular weight is 780 g/mol. The van der Waals surface area contributed by atoms with E-state index < -0.39 is 13.9 Å². The molecule has 9 heteroatoms. The van der Waals surface area contributed by atoms with Gasteiger partial charge in [0.2, 0.25) is 0 Å². The van der Waals surface area contributed by atoms with E-state index >= 15 is 0 Å². The van der Waals surface area contributed by atoms with E-state index in [0.717, 1.165) is 77.0 Å². The monoisotopic (exact) mass is 780 g/mol. The van der Waals surface area contributed by atoms with Gasteiger partial charge in [0.25, 0.3) is 0 Å². The summed E-state index contributed by atoms with van der Waals surface area (Å²) < 4.78 is 33.4. The molecule has 0 aliphatic heterocycles. The minimum atomic E-state index is -4.29. The summed E-state index contributed by atoms with van der Waals surface area (Å²) in [5, 5.41) is 0. The quantitative estimate of drug-likeness (QED) is 0.0273. The fraction of sp³-hybridized carbons (Fsp3) is 0.756. The van der Waals surface area contributed by atoms with Crippen molar-refractivity contribution in [2.75, 3.05) is 33.0 Å². The Bertz CT molecular complexity index is 1010. The fourth-order valence-corrected chi connectivity index (χ4v) is 6.44. The van der Waals surface area contributed by atoms with Crippen LogP contribution in [0.2, 0.25) is 0 Å². The molecule has 0 bridgehead atoms. The van der Waals surface area contributed by atoms with Gasteiger partial charge in [-0.3, -0.25) is 13.8 Å². The van der Waals surface area contributed by atoms with Gasteiger partial charge < -0.3 is 20.1 Å². The Morgan fingerprint density at radius 1 is 0.556 bits per heavy atom. The molecule has 0 amide bonds. The Hall–Kier alpha value is -1.80. The van der Waals surface area contributed by atoms with Crippen molar-refractivity contribution in [1.29, 1.82) is 0 Å². The zero-order valence-corrected chi connectivity index (χ0v) is 35.6. The first-order valence-corrected chi connectivity index (χ1v) is 23.3. The maximum Gasteiger partial charge on any atom is 0.472 e. The molecule has 2 atom stereocenters. The molecule has 0 aromatic rings. The Balaban J connectivity index is 4.09. The van der Waals surface area contributed by atoms with E-state index in [1.807, 2.05) is 0 Å². The molecule has 314 valence electrons. The van der Waals surface area contributed by atoms with Crippen LogP contribution in [0.15, 0.2) is 60.8 Å². The summed E-state index contributed by atoms with van der Waals surface area (Å²) in [6, 6.07) is 0. The molecule has 0 saturated heterocycles. The average Bonchev–Trinajstić information content (AvgIpc) is 3.16. The minimum Gasteiger partial charge on any atom is -0.457 e. The largest absolute Gasteiger partial charge is 0.472 e. The smallest absolute Gasteiger partial charge is 0.457 e. The number of ether oxygens (including phenoxy) is 2. The van der Waals surface area contributed by atoms with Crippen LogP contribution in [0.3, 0.4) is 0 Å². The second kappa shape index (κ2) is 42.3. The van der Waals surface area contributed by atoms with E-state index in [1.165, 1.54) is 83.5 Å². The highest BCUT2D eigenvalue weighted by molar-refractivity contribution is 7.47. The predicted octanol–water partition coefficient (Wildman–Crippen LogP) is 13.0. The Morgan fingerprint density at radius 2 is 0.981 bits per heavy atom. The molecule has 0 fully saturated rings. The molecule has 0 aromatic carbocycles. The van der Waals surface area contributed by atoms with Crippen molar-refractivity contribution >= 4 is 13.8 Å². The first kappa shape index (κ1) is 52.2. The number of phosphoric ester groups is 1. The number of carbonyl (C=O) groups excluding carboxylic acids is 1. The molecule has 54 heavy (non-hydrogen) atoms. The first-order valence-electron chi connectivity index (χ1n) is 21.8. The van der Waals surface area contributed by atoms with Gasteiger partial charge >= 0.3 is 13.8 Å². The number of hydrogen-bond acceptors (Lipinski definition) is 7. The molecule has 0 aliphatic rings. The van der Waals surface area contributed by atoms with E-state index in [4.69, 9.17) is 24.3 Å². The van der Waals surface area contributed by atoms with Crippen molar-refractivity contribution in [3.05, 3.63) is 60.8 Å². The normalized spacial score (nSPS) is 14.1. The number of allylic oxidation sites excluding steroid dienone is 10. The topological polar surface area (TPSA) is 117 Å². The minimum absolute atomic E-state index is 0.0935. The van der Waals surface area contributed by atoms with Crippen molar-refractivity contribution in [2.45, 2.75) is 187 Å². The Morgan fingerprint density at radius 3 is 1.46 bits per heavy atom. The van der Waals surface area contributed by atoms with E-state index in [9.17, 15) is 14.3 Å². The lowest BCUT2D eigenvalue weighted by atomic mass is 10.1. The van der Waals surface area contributed by atoms with Crippen LogP contribution in [0.1, 0.15) is 181 Å². The second-order valence-electron chi connectivity index (χ2n) is 14.2. The summed E-state index contributed by atoms with van der Waals surface area (Å²) >= 11 is 0. The maximum atomic E-state index is 12.6. The summed E-state index contributed by atoms with van der Waals surface area (Å²) in [6.45, 7) is 4.82. The molecule has 0 aliphatic carbocycles. The first-order chi connectivity index (χ1) is 26.4. The molecular weight excluding hydrogens is 697 g/mol. The van der Waals surface area contributed by atoms with Gasteiger partial charge in [-0.15, -0.1) is 0 Å². The van der Waals surface area contributed by atoms with E-state index in [2.05, 4.69) is 74.6 Å². The molecule has 8 nitrogen and oxygen atoms in total.